The molecule has 52 heavy (non-hydrogen) atoms. The van der Waals surface area contributed by atoms with Gasteiger partial charge in [-0.3, -0.25) is 14.4 Å². The number of benzene rings is 5. The van der Waals surface area contributed by atoms with Crippen LogP contribution in [-0.2, 0) is 40.2 Å². The van der Waals surface area contributed by atoms with Gasteiger partial charge in [0.25, 0.3) is 0 Å². The number of amides is 3. The van der Waals surface area contributed by atoms with Crippen molar-refractivity contribution in [1.29, 1.82) is 0 Å². The summed E-state index contributed by atoms with van der Waals surface area (Å²) in [4.78, 5) is 52.6. The normalized spacial score (nSPS) is 13.2. The maximum Gasteiger partial charge on any atom is 0.335 e. The number of thiol groups is 1. The minimum absolute atomic E-state index is 0.141. The molecule has 0 spiro atoms. The van der Waals surface area contributed by atoms with E-state index >= 15 is 0 Å². The molecule has 4 atom stereocenters. The highest BCUT2D eigenvalue weighted by Crippen LogP contribution is 2.20. The summed E-state index contributed by atoms with van der Waals surface area (Å²) in [5, 5.41) is 16.9. The van der Waals surface area contributed by atoms with Gasteiger partial charge in [0.05, 0.1) is 10.8 Å². The highest BCUT2D eigenvalue weighted by atomic mass is 32.1. The fraction of sp³-hybridized carbons (Fsp3) is 0.190. The minimum Gasteiger partial charge on any atom is -0.478 e. The Hall–Kier alpha value is -5.71. The molecule has 0 unspecified atom stereocenters. The first-order valence-corrected chi connectivity index (χ1v) is 17.5. The number of nitrogens with two attached hydrogens (primary N) is 1. The van der Waals surface area contributed by atoms with Gasteiger partial charge in [-0.15, -0.1) is 0 Å². The number of rotatable bonds is 16. The first kappa shape index (κ1) is 37.5. The van der Waals surface area contributed by atoms with Crippen molar-refractivity contribution >= 4 is 36.3 Å². The molecular weight excluding hydrogens is 673 g/mol. The molecule has 0 saturated heterocycles. The second kappa shape index (κ2) is 18.5. The van der Waals surface area contributed by atoms with Gasteiger partial charge in [-0.1, -0.05) is 127 Å². The average molecular weight is 715 g/mol. The standard InChI is InChI=1S/C42H42N4O5S/c43-35(24-29-18-22-34(23-19-29)42(50)51)38(52)41(49)46-37(26-30-16-20-33(21-17-30)32-14-8-3-9-15-32)40(48)45-36(25-28-10-4-1-5-11-28)39(47)44-27-31-12-6-2-7-13-31/h1-23,35-38,52H,24-27,43H2,(H,44,47)(H,45,48)(H,46,49)(H,50,51)/t35-,36-,37-,38-/m0/s1. The van der Waals surface area contributed by atoms with Gasteiger partial charge < -0.3 is 26.8 Å². The maximum absolute atomic E-state index is 14.1. The molecule has 0 radical (unpaired) electrons. The summed E-state index contributed by atoms with van der Waals surface area (Å²) in [6.07, 6.45) is 0.628. The Morgan fingerprint density at radius 3 is 1.56 bits per heavy atom. The molecule has 3 amide bonds. The van der Waals surface area contributed by atoms with E-state index in [1.54, 1.807) is 12.1 Å². The van der Waals surface area contributed by atoms with E-state index in [-0.39, 0.29) is 37.3 Å². The molecule has 5 rings (SSSR count). The molecule has 0 bridgehead atoms. The molecule has 0 aliphatic heterocycles. The fourth-order valence-corrected chi connectivity index (χ4v) is 5.95. The zero-order chi connectivity index (χ0) is 36.9. The topological polar surface area (TPSA) is 151 Å². The molecule has 5 aromatic rings. The van der Waals surface area contributed by atoms with Crippen molar-refractivity contribution in [3.63, 3.8) is 0 Å². The molecule has 0 aliphatic rings. The van der Waals surface area contributed by atoms with Crippen molar-refractivity contribution in [3.05, 3.63) is 167 Å². The summed E-state index contributed by atoms with van der Waals surface area (Å²) in [6.45, 7) is 0.285. The summed E-state index contributed by atoms with van der Waals surface area (Å²) in [5.41, 5.74) is 11.9. The summed E-state index contributed by atoms with van der Waals surface area (Å²) in [5.74, 6) is -2.48. The van der Waals surface area contributed by atoms with Crippen LogP contribution in [0, 0.1) is 0 Å². The lowest BCUT2D eigenvalue weighted by molar-refractivity contribution is -0.132. The minimum atomic E-state index is -1.06. The lowest BCUT2D eigenvalue weighted by atomic mass is 9.98. The van der Waals surface area contributed by atoms with Crippen LogP contribution in [0.15, 0.2) is 140 Å². The second-order valence-electron chi connectivity index (χ2n) is 12.6. The third-order valence-electron chi connectivity index (χ3n) is 8.71. The first-order chi connectivity index (χ1) is 25.2. The van der Waals surface area contributed by atoms with E-state index in [2.05, 4.69) is 28.6 Å². The van der Waals surface area contributed by atoms with E-state index in [0.29, 0.717) is 0 Å². The second-order valence-corrected chi connectivity index (χ2v) is 13.2. The van der Waals surface area contributed by atoms with E-state index in [4.69, 9.17) is 5.73 Å². The van der Waals surface area contributed by atoms with Gasteiger partial charge in [0, 0.05) is 25.4 Å². The zero-order valence-electron chi connectivity index (χ0n) is 28.5. The predicted molar refractivity (Wildman–Crippen MR) is 206 cm³/mol. The van der Waals surface area contributed by atoms with Gasteiger partial charge in [-0.25, -0.2) is 4.79 Å². The largest absolute Gasteiger partial charge is 0.478 e. The van der Waals surface area contributed by atoms with E-state index in [1.165, 1.54) is 12.1 Å². The number of nitrogens with one attached hydrogen (secondary N) is 3. The van der Waals surface area contributed by atoms with Crippen LogP contribution >= 0.6 is 12.6 Å². The van der Waals surface area contributed by atoms with Crippen molar-refractivity contribution in [3.8, 4) is 11.1 Å². The van der Waals surface area contributed by atoms with Crippen LogP contribution in [0.5, 0.6) is 0 Å². The van der Waals surface area contributed by atoms with Crippen LogP contribution < -0.4 is 21.7 Å². The molecule has 0 heterocycles. The van der Waals surface area contributed by atoms with Crippen LogP contribution in [-0.4, -0.2) is 52.2 Å². The Labute approximate surface area is 309 Å². The summed E-state index contributed by atoms with van der Waals surface area (Å²) < 4.78 is 0. The van der Waals surface area contributed by atoms with Crippen LogP contribution in [0.2, 0.25) is 0 Å². The quantitative estimate of drug-likeness (QED) is 0.0794. The number of carbonyl (C=O) groups excluding carboxylic acids is 3. The first-order valence-electron chi connectivity index (χ1n) is 17.0. The van der Waals surface area contributed by atoms with Gasteiger partial charge in [0.2, 0.25) is 17.7 Å². The summed E-state index contributed by atoms with van der Waals surface area (Å²) in [6, 6.07) is 40.0. The van der Waals surface area contributed by atoms with Gasteiger partial charge in [-0.2, -0.15) is 12.6 Å². The lowest BCUT2D eigenvalue weighted by Crippen LogP contribution is -2.57. The van der Waals surface area contributed by atoms with Crippen LogP contribution in [0.3, 0.4) is 0 Å². The van der Waals surface area contributed by atoms with Crippen molar-refractivity contribution in [1.82, 2.24) is 16.0 Å². The molecular formula is C42H42N4O5S. The van der Waals surface area contributed by atoms with Crippen molar-refractivity contribution in [2.24, 2.45) is 5.73 Å². The van der Waals surface area contributed by atoms with E-state index in [1.807, 2.05) is 115 Å². The van der Waals surface area contributed by atoms with E-state index in [0.717, 1.165) is 33.4 Å². The van der Waals surface area contributed by atoms with E-state index < -0.39 is 41.2 Å². The summed E-state index contributed by atoms with van der Waals surface area (Å²) in [7, 11) is 0. The molecule has 6 N–H and O–H groups in total. The Morgan fingerprint density at radius 1 is 0.538 bits per heavy atom. The molecule has 10 heteroatoms. The van der Waals surface area contributed by atoms with Gasteiger partial charge in [0.1, 0.15) is 12.1 Å². The smallest absolute Gasteiger partial charge is 0.335 e. The van der Waals surface area contributed by atoms with E-state index in [9.17, 15) is 24.3 Å². The zero-order valence-corrected chi connectivity index (χ0v) is 29.4. The average Bonchev–Trinajstić information content (AvgIpc) is 3.17. The van der Waals surface area contributed by atoms with Crippen LogP contribution in [0.4, 0.5) is 0 Å². The number of carbonyl (C=O) groups is 4. The van der Waals surface area contributed by atoms with Crippen molar-refractivity contribution in [2.45, 2.75) is 49.2 Å². The maximum atomic E-state index is 14.1. The Balaban J connectivity index is 1.34. The van der Waals surface area contributed by atoms with Crippen molar-refractivity contribution < 1.29 is 24.3 Å². The van der Waals surface area contributed by atoms with Gasteiger partial charge in [0.15, 0.2) is 0 Å². The molecule has 0 aliphatic carbocycles. The molecule has 0 saturated carbocycles. The number of hydrogen-bond acceptors (Lipinski definition) is 6. The van der Waals surface area contributed by atoms with Crippen LogP contribution in [0.25, 0.3) is 11.1 Å². The number of carboxylic acid groups (broad SMARTS) is 1. The molecule has 0 fully saturated rings. The Bertz CT molecular complexity index is 1930. The van der Waals surface area contributed by atoms with Crippen LogP contribution in [0.1, 0.15) is 32.6 Å². The molecule has 5 aromatic carbocycles. The monoisotopic (exact) mass is 714 g/mol. The number of aromatic carboxylic acids is 1. The summed E-state index contributed by atoms with van der Waals surface area (Å²) >= 11 is 4.53. The lowest BCUT2D eigenvalue weighted by Gasteiger charge is -2.26. The highest BCUT2D eigenvalue weighted by molar-refractivity contribution is 7.81. The van der Waals surface area contributed by atoms with Gasteiger partial charge in [-0.05, 0) is 51.9 Å². The fourth-order valence-electron chi connectivity index (χ4n) is 5.77. The SMILES string of the molecule is N[C@@H](Cc1ccc(C(=O)O)cc1)[C@H](S)C(=O)N[C@@H](Cc1ccc(-c2ccccc2)cc1)C(=O)N[C@@H](Cc1ccccc1)C(=O)NCc1ccccc1. The Kier molecular flexibility index (Phi) is 13.4. The third kappa shape index (κ3) is 10.9. The van der Waals surface area contributed by atoms with Gasteiger partial charge >= 0.3 is 5.97 Å². The number of carboxylic acids is 1. The third-order valence-corrected chi connectivity index (χ3v) is 9.32. The van der Waals surface area contributed by atoms with Crippen molar-refractivity contribution in [2.75, 3.05) is 0 Å². The molecule has 266 valence electrons. The molecule has 9 nitrogen and oxygen atoms in total. The highest BCUT2D eigenvalue weighted by Gasteiger charge is 2.30. The molecule has 0 aromatic heterocycles. The predicted octanol–water partition coefficient (Wildman–Crippen LogP) is 4.99. The Morgan fingerprint density at radius 2 is 0.981 bits per heavy atom. The number of hydrogen-bond donors (Lipinski definition) is 6.